The molecule has 3 aromatic heterocycles. The van der Waals surface area contributed by atoms with E-state index in [4.69, 9.17) is 22.9 Å². The summed E-state index contributed by atoms with van der Waals surface area (Å²) in [5, 5.41) is 19.1. The SMILES string of the molecule is CCCCC[n+]1ccccc1-c1nc2c(nc1-c1ccccn1)C(=NC#N)c1ccccc1C2=NC#N.O=S(=O)([O-])C(F)(F)F. The zero-order valence-electron chi connectivity index (χ0n) is 23.6. The van der Waals surface area contributed by atoms with Crippen molar-refractivity contribution in [1.29, 1.82) is 10.5 Å². The summed E-state index contributed by atoms with van der Waals surface area (Å²) in [5.74, 6) is 0. The van der Waals surface area contributed by atoms with E-state index in [0.717, 1.165) is 31.5 Å². The molecule has 1 aliphatic rings. The predicted molar refractivity (Wildman–Crippen MR) is 155 cm³/mol. The molecule has 0 spiro atoms. The van der Waals surface area contributed by atoms with Gasteiger partial charge in [-0.3, -0.25) is 4.98 Å². The molecule has 45 heavy (non-hydrogen) atoms. The number of benzene rings is 1. The number of unbranched alkanes of at least 4 members (excludes halogenated alkanes) is 2. The lowest BCUT2D eigenvalue weighted by Crippen LogP contribution is -2.36. The maximum Gasteiger partial charge on any atom is 0.485 e. The summed E-state index contributed by atoms with van der Waals surface area (Å²) in [7, 11) is -6.09. The third-order valence-electron chi connectivity index (χ3n) is 6.48. The molecule has 0 fully saturated rings. The van der Waals surface area contributed by atoms with Crippen LogP contribution in [-0.2, 0) is 16.7 Å². The smallest absolute Gasteiger partial charge is 0.485 e. The minimum atomic E-state index is -6.09. The molecule has 4 aromatic rings. The Kier molecular flexibility index (Phi) is 10.1. The zero-order chi connectivity index (χ0) is 32.6. The summed E-state index contributed by atoms with van der Waals surface area (Å²) in [6, 6.07) is 19.0. The van der Waals surface area contributed by atoms with Crippen molar-refractivity contribution < 1.29 is 30.7 Å². The number of hydrogen-bond acceptors (Lipinski definition) is 10. The molecule has 15 heteroatoms. The van der Waals surface area contributed by atoms with Gasteiger partial charge in [-0.05, 0) is 24.6 Å². The van der Waals surface area contributed by atoms with Crippen LogP contribution in [0.15, 0.2) is 83.0 Å². The lowest BCUT2D eigenvalue weighted by Gasteiger charge is -2.22. The maximum absolute atomic E-state index is 10.7. The molecule has 0 saturated heterocycles. The Morgan fingerprint density at radius 3 is 1.91 bits per heavy atom. The average Bonchev–Trinajstić information content (AvgIpc) is 3.02. The van der Waals surface area contributed by atoms with Gasteiger partial charge < -0.3 is 4.55 Å². The van der Waals surface area contributed by atoms with E-state index in [2.05, 4.69) is 26.5 Å². The van der Waals surface area contributed by atoms with E-state index in [1.165, 1.54) is 0 Å². The largest absolute Gasteiger partial charge is 0.741 e. The molecule has 0 radical (unpaired) electrons. The van der Waals surface area contributed by atoms with Gasteiger partial charge >= 0.3 is 5.51 Å². The van der Waals surface area contributed by atoms with Crippen LogP contribution in [0.5, 0.6) is 0 Å². The zero-order valence-corrected chi connectivity index (χ0v) is 24.4. The Hall–Kier alpha value is -5.38. The van der Waals surface area contributed by atoms with Gasteiger partial charge in [0.25, 0.3) is 0 Å². The lowest BCUT2D eigenvalue weighted by molar-refractivity contribution is -0.686. The number of aliphatic imine (C=N–C) groups is 2. The Morgan fingerprint density at radius 1 is 0.844 bits per heavy atom. The summed E-state index contributed by atoms with van der Waals surface area (Å²) in [6.07, 6.45) is 10.8. The summed E-state index contributed by atoms with van der Waals surface area (Å²) in [4.78, 5) is 22.9. The van der Waals surface area contributed by atoms with Crippen molar-refractivity contribution in [3.63, 3.8) is 0 Å². The Bertz CT molecular complexity index is 1970. The first-order chi connectivity index (χ1) is 21.5. The van der Waals surface area contributed by atoms with Crippen molar-refractivity contribution in [2.24, 2.45) is 9.98 Å². The second-order valence-electron chi connectivity index (χ2n) is 9.39. The van der Waals surface area contributed by atoms with Crippen molar-refractivity contribution in [2.75, 3.05) is 0 Å². The van der Waals surface area contributed by atoms with Crippen LogP contribution in [0, 0.1) is 22.9 Å². The van der Waals surface area contributed by atoms with Crippen molar-refractivity contribution in [1.82, 2.24) is 15.0 Å². The van der Waals surface area contributed by atoms with Crippen LogP contribution in [0.1, 0.15) is 48.7 Å². The van der Waals surface area contributed by atoms with Crippen molar-refractivity contribution in [3.8, 4) is 35.2 Å². The molecule has 0 N–H and O–H groups in total. The third kappa shape index (κ3) is 7.23. The monoisotopic (exact) mass is 632 g/mol. The van der Waals surface area contributed by atoms with E-state index in [1.807, 2.05) is 79.2 Å². The summed E-state index contributed by atoms with van der Waals surface area (Å²) in [6.45, 7) is 3.01. The lowest BCUT2D eigenvalue weighted by atomic mass is 9.88. The number of hydrogen-bond donors (Lipinski definition) is 0. The maximum atomic E-state index is 10.7. The van der Waals surface area contributed by atoms with Gasteiger partial charge in [0.2, 0.25) is 18.1 Å². The number of nitrogens with zero attached hydrogens (tertiary/aromatic N) is 8. The van der Waals surface area contributed by atoms with E-state index in [-0.39, 0.29) is 0 Å². The molecule has 0 unspecified atom stereocenters. The van der Waals surface area contributed by atoms with Gasteiger partial charge in [-0.1, -0.05) is 43.7 Å². The quantitative estimate of drug-likeness (QED) is 0.0853. The fraction of sp³-hybridized carbons (Fsp3) is 0.200. The molecule has 0 aliphatic heterocycles. The number of alkyl halides is 3. The second kappa shape index (κ2) is 13.9. The predicted octanol–water partition coefficient (Wildman–Crippen LogP) is 4.69. The van der Waals surface area contributed by atoms with Gasteiger partial charge in [-0.25, -0.2) is 18.4 Å². The Balaban J connectivity index is 0.000000510. The molecule has 0 saturated carbocycles. The molecule has 0 amide bonds. The first kappa shape index (κ1) is 32.5. The van der Waals surface area contributed by atoms with Gasteiger partial charge in [0.05, 0.1) is 5.69 Å². The third-order valence-corrected chi connectivity index (χ3v) is 7.05. The van der Waals surface area contributed by atoms with Crippen LogP contribution in [0.4, 0.5) is 13.2 Å². The number of fused-ring (bicyclic) bond motifs is 2. The molecule has 5 rings (SSSR count). The summed E-state index contributed by atoms with van der Waals surface area (Å²) in [5.41, 5.74) is 0.0211. The standard InChI is InChI=1S/C29H23N8.CHF3O3S/c1-2-3-9-16-37-17-10-7-14-23(37)27-26(22-13-6-8-15-32-22)35-28-24(33-18-30)20-11-4-5-12-21(20)25(34-19-31)29(28)36-27;2-1(3,4)8(5,6)7/h4-8,10-15,17H,2-3,9,16H2,1H3;(H,5,6,7)/q+1;/p-1. The Labute approximate surface area is 256 Å². The molecule has 1 aromatic carbocycles. The van der Waals surface area contributed by atoms with Crippen LogP contribution < -0.4 is 4.57 Å². The number of aryl methyl sites for hydroxylation is 1. The van der Waals surface area contributed by atoms with Crippen LogP contribution in [-0.4, -0.2) is 44.9 Å². The highest BCUT2D eigenvalue weighted by atomic mass is 32.2. The van der Waals surface area contributed by atoms with Crippen molar-refractivity contribution >= 4 is 21.5 Å². The van der Waals surface area contributed by atoms with Crippen molar-refractivity contribution in [3.05, 3.63) is 95.6 Å². The number of rotatable bonds is 6. The minimum Gasteiger partial charge on any atom is -0.741 e. The van der Waals surface area contributed by atoms with E-state index in [0.29, 0.717) is 51.0 Å². The highest BCUT2D eigenvalue weighted by Crippen LogP contribution is 2.33. The van der Waals surface area contributed by atoms with Crippen LogP contribution in [0.3, 0.4) is 0 Å². The molecule has 3 heterocycles. The average molecular weight is 633 g/mol. The molecule has 0 bridgehead atoms. The summed E-state index contributed by atoms with van der Waals surface area (Å²) >= 11 is 0. The normalized spacial score (nSPS) is 14.0. The van der Waals surface area contributed by atoms with Crippen LogP contribution in [0.25, 0.3) is 22.8 Å². The topological polar surface area (TPSA) is 172 Å². The van der Waals surface area contributed by atoms with Gasteiger partial charge in [0, 0.05) is 35.9 Å². The fourth-order valence-electron chi connectivity index (χ4n) is 4.52. The minimum absolute atomic E-state index is 0.394. The molecular weight excluding hydrogens is 609 g/mol. The van der Waals surface area contributed by atoms with Gasteiger partial charge in [-0.2, -0.15) is 38.2 Å². The Morgan fingerprint density at radius 2 is 1.40 bits per heavy atom. The molecule has 1 aliphatic carbocycles. The molecule has 228 valence electrons. The van der Waals surface area contributed by atoms with E-state index >= 15 is 0 Å². The number of halogens is 3. The molecular formula is C30H23F3N8O3S. The highest BCUT2D eigenvalue weighted by Gasteiger charge is 2.37. The van der Waals surface area contributed by atoms with Gasteiger partial charge in [0.1, 0.15) is 35.0 Å². The number of pyridine rings is 2. The fourth-order valence-corrected chi connectivity index (χ4v) is 4.52. The van der Waals surface area contributed by atoms with Crippen molar-refractivity contribution in [2.45, 2.75) is 38.2 Å². The van der Waals surface area contributed by atoms with Crippen LogP contribution in [0.2, 0.25) is 0 Å². The van der Waals surface area contributed by atoms with Gasteiger partial charge in [0.15, 0.2) is 22.0 Å². The molecule has 0 atom stereocenters. The van der Waals surface area contributed by atoms with E-state index in [1.54, 1.807) is 6.20 Å². The van der Waals surface area contributed by atoms with E-state index in [9.17, 15) is 23.7 Å². The first-order valence-electron chi connectivity index (χ1n) is 13.4. The van der Waals surface area contributed by atoms with Gasteiger partial charge in [-0.15, -0.1) is 0 Å². The highest BCUT2D eigenvalue weighted by molar-refractivity contribution is 7.86. The second-order valence-corrected chi connectivity index (χ2v) is 10.8. The number of aromatic nitrogens is 4. The first-order valence-corrected chi connectivity index (χ1v) is 14.8. The van der Waals surface area contributed by atoms with E-state index < -0.39 is 15.6 Å². The van der Waals surface area contributed by atoms with Crippen LogP contribution >= 0.6 is 0 Å². The summed E-state index contributed by atoms with van der Waals surface area (Å²) < 4.78 is 61.1. The number of nitriles is 2. The molecule has 11 nitrogen and oxygen atoms in total.